The molecule has 1 aliphatic rings. The number of nitrogens with one attached hydrogen (secondary N) is 1. The first-order valence-electron chi connectivity index (χ1n) is 7.98. The molecule has 25 heavy (non-hydrogen) atoms. The van der Waals surface area contributed by atoms with E-state index in [4.69, 9.17) is 4.74 Å². The van der Waals surface area contributed by atoms with Crippen molar-refractivity contribution in [2.75, 3.05) is 19.6 Å². The van der Waals surface area contributed by atoms with Crippen LogP contribution in [0.2, 0.25) is 0 Å². The van der Waals surface area contributed by atoms with Gasteiger partial charge in [0.2, 0.25) is 0 Å². The largest absolute Gasteiger partial charge is 0.415 e. The zero-order chi connectivity index (χ0) is 17.5. The van der Waals surface area contributed by atoms with E-state index in [-0.39, 0.29) is 42.2 Å². The summed E-state index contributed by atoms with van der Waals surface area (Å²) >= 11 is 0. The average molecular weight is 372 g/mol. The monoisotopic (exact) mass is 371 g/mol. The minimum Gasteiger partial charge on any atom is -0.410 e. The standard InChI is InChI=1S/C16H21N3O5.ClH/c1-2-10-18(11-15(20)14-4-3-9-17-14)16(21)24-13-7-5-12(6-8-13)19(22)23;/h5-8,14,17H,2-4,9-11H2,1H3;1H/t14-;/m0./s1. The zero-order valence-corrected chi connectivity index (χ0v) is 14.8. The molecule has 0 radical (unpaired) electrons. The molecule has 1 amide bonds. The Hall–Kier alpha value is -2.19. The number of carbonyl (C=O) groups excluding carboxylic acids is 2. The molecule has 1 heterocycles. The van der Waals surface area contributed by atoms with Crippen molar-refractivity contribution in [3.05, 3.63) is 34.4 Å². The molecule has 2 rings (SSSR count). The highest BCUT2D eigenvalue weighted by molar-refractivity contribution is 5.89. The molecule has 1 aliphatic heterocycles. The van der Waals surface area contributed by atoms with E-state index in [1.165, 1.54) is 29.2 Å². The second-order valence-electron chi connectivity index (χ2n) is 5.66. The van der Waals surface area contributed by atoms with Gasteiger partial charge in [0, 0.05) is 18.7 Å². The van der Waals surface area contributed by atoms with Crippen LogP contribution >= 0.6 is 12.4 Å². The molecule has 1 fully saturated rings. The number of rotatable bonds is 7. The van der Waals surface area contributed by atoms with Gasteiger partial charge in [-0.3, -0.25) is 14.9 Å². The summed E-state index contributed by atoms with van der Waals surface area (Å²) < 4.78 is 5.22. The van der Waals surface area contributed by atoms with Crippen LogP contribution in [0.1, 0.15) is 26.2 Å². The van der Waals surface area contributed by atoms with E-state index in [1.54, 1.807) is 0 Å². The lowest BCUT2D eigenvalue weighted by molar-refractivity contribution is -0.384. The maximum Gasteiger partial charge on any atom is 0.415 e. The van der Waals surface area contributed by atoms with Gasteiger partial charge in [0.15, 0.2) is 5.78 Å². The Morgan fingerprint density at radius 2 is 2.04 bits per heavy atom. The maximum absolute atomic E-state index is 12.3. The molecule has 1 aromatic rings. The third kappa shape index (κ3) is 5.99. The third-order valence-corrected chi connectivity index (χ3v) is 3.80. The summed E-state index contributed by atoms with van der Waals surface area (Å²) in [5.41, 5.74) is -0.0808. The van der Waals surface area contributed by atoms with E-state index in [2.05, 4.69) is 5.32 Å². The Morgan fingerprint density at radius 1 is 1.36 bits per heavy atom. The summed E-state index contributed by atoms with van der Waals surface area (Å²) in [6.07, 6.45) is 1.81. The lowest BCUT2D eigenvalue weighted by Gasteiger charge is -2.22. The molecule has 1 N–H and O–H groups in total. The number of hydrogen-bond donors (Lipinski definition) is 1. The van der Waals surface area contributed by atoms with Crippen molar-refractivity contribution >= 4 is 30.0 Å². The maximum atomic E-state index is 12.3. The predicted molar refractivity (Wildman–Crippen MR) is 94.3 cm³/mol. The molecule has 1 aromatic carbocycles. The van der Waals surface area contributed by atoms with Gasteiger partial charge in [-0.2, -0.15) is 0 Å². The van der Waals surface area contributed by atoms with Gasteiger partial charge in [0.05, 0.1) is 17.5 Å². The molecule has 0 spiro atoms. The van der Waals surface area contributed by atoms with Crippen LogP contribution < -0.4 is 10.1 Å². The van der Waals surface area contributed by atoms with Crippen molar-refractivity contribution in [3.63, 3.8) is 0 Å². The summed E-state index contributed by atoms with van der Waals surface area (Å²) in [7, 11) is 0. The van der Waals surface area contributed by atoms with Crippen LogP contribution in [0.4, 0.5) is 10.5 Å². The van der Waals surface area contributed by atoms with Gasteiger partial charge < -0.3 is 15.0 Å². The Morgan fingerprint density at radius 3 is 2.56 bits per heavy atom. The van der Waals surface area contributed by atoms with Crippen LogP contribution in [0.15, 0.2) is 24.3 Å². The van der Waals surface area contributed by atoms with E-state index < -0.39 is 11.0 Å². The number of halogens is 1. The normalized spacial score (nSPS) is 16.0. The van der Waals surface area contributed by atoms with Crippen molar-refractivity contribution in [2.24, 2.45) is 0 Å². The summed E-state index contributed by atoms with van der Waals surface area (Å²) in [4.78, 5) is 35.9. The van der Waals surface area contributed by atoms with E-state index in [1.807, 2.05) is 6.92 Å². The smallest absolute Gasteiger partial charge is 0.410 e. The highest BCUT2D eigenvalue weighted by Crippen LogP contribution is 2.18. The summed E-state index contributed by atoms with van der Waals surface area (Å²) in [5.74, 6) is 0.180. The van der Waals surface area contributed by atoms with Gasteiger partial charge in [-0.05, 0) is 37.9 Å². The van der Waals surface area contributed by atoms with Crippen LogP contribution in [-0.2, 0) is 4.79 Å². The number of ether oxygens (including phenoxy) is 1. The summed E-state index contributed by atoms with van der Waals surface area (Å²) in [6, 6.07) is 5.05. The van der Waals surface area contributed by atoms with Gasteiger partial charge in [0.25, 0.3) is 5.69 Å². The molecule has 0 aromatic heterocycles. The first-order valence-corrected chi connectivity index (χ1v) is 7.98. The van der Waals surface area contributed by atoms with Crippen molar-refractivity contribution < 1.29 is 19.2 Å². The van der Waals surface area contributed by atoms with Crippen molar-refractivity contribution in [1.29, 1.82) is 0 Å². The second-order valence-corrected chi connectivity index (χ2v) is 5.66. The average Bonchev–Trinajstić information content (AvgIpc) is 3.09. The molecule has 1 atom stereocenters. The first kappa shape index (κ1) is 20.9. The second kappa shape index (κ2) is 9.95. The number of benzene rings is 1. The Bertz CT molecular complexity index is 602. The Balaban J connectivity index is 0.00000312. The summed E-state index contributed by atoms with van der Waals surface area (Å²) in [6.45, 7) is 3.13. The number of ketones is 1. The SMILES string of the molecule is CCCN(CC(=O)[C@@H]1CCCN1)C(=O)Oc1ccc([N+](=O)[O-])cc1.Cl. The van der Waals surface area contributed by atoms with Gasteiger partial charge in [-0.1, -0.05) is 6.92 Å². The van der Waals surface area contributed by atoms with E-state index >= 15 is 0 Å². The molecule has 138 valence electrons. The van der Waals surface area contributed by atoms with E-state index in [9.17, 15) is 19.7 Å². The minimum atomic E-state index is -0.628. The first-order chi connectivity index (χ1) is 11.5. The van der Waals surface area contributed by atoms with Gasteiger partial charge >= 0.3 is 6.09 Å². The lowest BCUT2D eigenvalue weighted by Crippen LogP contribution is -2.43. The topological polar surface area (TPSA) is 102 Å². The van der Waals surface area contributed by atoms with Crippen LogP contribution in [-0.4, -0.2) is 47.4 Å². The van der Waals surface area contributed by atoms with Gasteiger partial charge in [-0.25, -0.2) is 4.79 Å². The number of hydrogen-bond acceptors (Lipinski definition) is 6. The quantitative estimate of drug-likeness (QED) is 0.583. The van der Waals surface area contributed by atoms with Crippen molar-refractivity contribution in [3.8, 4) is 5.75 Å². The Kier molecular flexibility index (Phi) is 8.30. The van der Waals surface area contributed by atoms with Crippen LogP contribution in [0.25, 0.3) is 0 Å². The van der Waals surface area contributed by atoms with Crippen molar-refractivity contribution in [1.82, 2.24) is 10.2 Å². The number of non-ortho nitro benzene ring substituents is 1. The molecular formula is C16H22ClN3O5. The Labute approximate surface area is 152 Å². The molecule has 1 saturated heterocycles. The number of amides is 1. The molecule has 0 aliphatic carbocycles. The van der Waals surface area contributed by atoms with Gasteiger partial charge in [0.1, 0.15) is 5.75 Å². The fourth-order valence-corrected chi connectivity index (χ4v) is 2.56. The summed E-state index contributed by atoms with van der Waals surface area (Å²) in [5, 5.41) is 13.7. The minimum absolute atomic E-state index is 0. The number of nitro benzene ring substituents is 1. The van der Waals surface area contributed by atoms with Gasteiger partial charge in [-0.15, -0.1) is 12.4 Å². The third-order valence-electron chi connectivity index (χ3n) is 3.80. The zero-order valence-electron chi connectivity index (χ0n) is 14.0. The van der Waals surface area contributed by atoms with E-state index in [0.29, 0.717) is 13.0 Å². The van der Waals surface area contributed by atoms with E-state index in [0.717, 1.165) is 19.4 Å². The molecular weight excluding hydrogens is 350 g/mol. The van der Waals surface area contributed by atoms with Crippen LogP contribution in [0, 0.1) is 10.1 Å². The number of Topliss-reactive ketones (excluding diaryl/α,β-unsaturated/α-hetero) is 1. The number of carbonyl (C=O) groups is 2. The highest BCUT2D eigenvalue weighted by atomic mass is 35.5. The molecule has 9 heteroatoms. The molecule has 0 unspecified atom stereocenters. The molecule has 8 nitrogen and oxygen atoms in total. The molecule has 0 saturated carbocycles. The fraction of sp³-hybridized carbons (Fsp3) is 0.500. The number of nitro groups is 1. The van der Waals surface area contributed by atoms with Crippen LogP contribution in [0.3, 0.4) is 0 Å². The molecule has 0 bridgehead atoms. The van der Waals surface area contributed by atoms with Crippen molar-refractivity contribution in [2.45, 2.75) is 32.2 Å². The lowest BCUT2D eigenvalue weighted by atomic mass is 10.1. The highest BCUT2D eigenvalue weighted by Gasteiger charge is 2.26. The fourth-order valence-electron chi connectivity index (χ4n) is 2.56. The van der Waals surface area contributed by atoms with Crippen LogP contribution in [0.5, 0.6) is 5.75 Å². The number of nitrogens with zero attached hydrogens (tertiary/aromatic N) is 2. The predicted octanol–water partition coefficient (Wildman–Crippen LogP) is 2.55.